The van der Waals surface area contributed by atoms with E-state index >= 15 is 0 Å². The van der Waals surface area contributed by atoms with Crippen molar-refractivity contribution in [2.45, 2.75) is 63.4 Å². The van der Waals surface area contributed by atoms with Gasteiger partial charge in [0.05, 0.1) is 29.7 Å². The summed E-state index contributed by atoms with van der Waals surface area (Å²) in [6, 6.07) is 11.4. The van der Waals surface area contributed by atoms with E-state index in [1.807, 2.05) is 13.0 Å². The predicted octanol–water partition coefficient (Wildman–Crippen LogP) is 5.81. The van der Waals surface area contributed by atoms with Crippen LogP contribution < -0.4 is 14.8 Å². The first-order valence-electron chi connectivity index (χ1n) is 15.8. The van der Waals surface area contributed by atoms with Crippen LogP contribution in [0.2, 0.25) is 5.02 Å². The van der Waals surface area contributed by atoms with Crippen LogP contribution in [0.15, 0.2) is 48.0 Å². The first kappa shape index (κ1) is 31.4. The summed E-state index contributed by atoms with van der Waals surface area (Å²) in [6.07, 6.45) is 8.93. The van der Waals surface area contributed by atoms with Crippen LogP contribution in [0.4, 0.5) is 5.69 Å². The van der Waals surface area contributed by atoms with Crippen molar-refractivity contribution in [3.8, 4) is 5.75 Å². The molecule has 1 spiro atoms. The maximum atomic E-state index is 12.0. The molecule has 0 radical (unpaired) electrons. The molecule has 44 heavy (non-hydrogen) atoms. The number of fused-ring (bicyclic) bond motifs is 3. The second-order valence-corrected chi connectivity index (χ2v) is 15.5. The third-order valence-electron chi connectivity index (χ3n) is 10.7. The molecule has 10 heteroatoms. The molecule has 2 aromatic rings. The van der Waals surface area contributed by atoms with Crippen molar-refractivity contribution < 1.29 is 27.8 Å². The fourth-order valence-electron chi connectivity index (χ4n) is 8.22. The molecule has 0 saturated heterocycles. The Hall–Kier alpha value is -2.59. The lowest BCUT2D eigenvalue weighted by Crippen LogP contribution is -2.50. The van der Waals surface area contributed by atoms with E-state index in [4.69, 9.17) is 26.2 Å². The van der Waals surface area contributed by atoms with Gasteiger partial charge in [0, 0.05) is 30.6 Å². The number of carboxylic acid groups (broad SMARTS) is 1. The molecule has 1 heterocycles. The summed E-state index contributed by atoms with van der Waals surface area (Å²) in [5, 5.41) is 15.9. The van der Waals surface area contributed by atoms with Crippen LogP contribution in [0, 0.1) is 23.7 Å². The molecule has 1 fully saturated rings. The largest absolute Gasteiger partial charge is 0.490 e. The Kier molecular flexibility index (Phi) is 8.78. The number of rotatable bonds is 10. The number of allylic oxidation sites excluding steroid dienone is 1. The number of methoxy groups -OCH3 is 1. The fraction of sp³-hybridized carbons (Fsp3) is 0.559. The minimum Gasteiger partial charge on any atom is -0.490 e. The van der Waals surface area contributed by atoms with Gasteiger partial charge in [-0.05, 0) is 109 Å². The van der Waals surface area contributed by atoms with Crippen molar-refractivity contribution in [3.63, 3.8) is 0 Å². The highest BCUT2D eigenvalue weighted by Gasteiger charge is 2.46. The standard InChI is InChI=1S/C34H43ClN2O6S/c1-3-21(18-44(36,40)41)25-13-26(14-25)32(42-2)28-9-6-24(28)17-37-19-34(12-4-5-22-15-27(35)8-10-29(22)34)20-43-31-11-7-23(33(38)39)16-30(31)37/h7-8,10-11,13,15-16,21,24-25,28,32H,3-6,9,12,14,17-20H2,1-2H3,(H,38,39)(H2,36,40,41)/t21-,24+,25?,28-,32-,34+/m1/s1. The molecular weight excluding hydrogens is 600 g/mol. The molecule has 3 N–H and O–H groups in total. The van der Waals surface area contributed by atoms with Crippen LogP contribution >= 0.6 is 11.6 Å². The van der Waals surface area contributed by atoms with Crippen LogP contribution in [-0.4, -0.2) is 58.2 Å². The van der Waals surface area contributed by atoms with E-state index in [0.29, 0.717) is 18.4 Å². The Labute approximate surface area is 265 Å². The Balaban J connectivity index is 1.27. The molecule has 6 atom stereocenters. The number of nitrogens with zero attached hydrogens (tertiary/aromatic N) is 1. The van der Waals surface area contributed by atoms with Gasteiger partial charge in [0.2, 0.25) is 10.0 Å². The van der Waals surface area contributed by atoms with Gasteiger partial charge < -0.3 is 19.5 Å². The predicted molar refractivity (Wildman–Crippen MR) is 172 cm³/mol. The van der Waals surface area contributed by atoms with E-state index in [-0.39, 0.29) is 34.7 Å². The maximum Gasteiger partial charge on any atom is 0.335 e. The SMILES string of the molecule is CC[C@H](CS(N)(=O)=O)C1C=C([C@@H](OC)[C@@H]2CC[C@H]2CN2C[C@@]3(CCCc4cc(Cl)ccc43)COc3ccc(C(=O)O)cc32)C1. The van der Waals surface area contributed by atoms with Gasteiger partial charge in [0.15, 0.2) is 0 Å². The molecule has 1 saturated carbocycles. The first-order valence-corrected chi connectivity index (χ1v) is 17.9. The molecule has 0 amide bonds. The average Bonchev–Trinajstić information content (AvgIpc) is 3.09. The van der Waals surface area contributed by atoms with Gasteiger partial charge in [-0.3, -0.25) is 0 Å². The highest BCUT2D eigenvalue weighted by atomic mass is 35.5. The van der Waals surface area contributed by atoms with Gasteiger partial charge >= 0.3 is 5.97 Å². The Morgan fingerprint density at radius 1 is 1.25 bits per heavy atom. The first-order chi connectivity index (χ1) is 21.0. The average molecular weight is 643 g/mol. The van der Waals surface area contributed by atoms with Crippen molar-refractivity contribution in [3.05, 3.63) is 69.8 Å². The zero-order valence-electron chi connectivity index (χ0n) is 25.5. The monoisotopic (exact) mass is 642 g/mol. The van der Waals surface area contributed by atoms with Gasteiger partial charge in [0.1, 0.15) is 5.75 Å². The molecule has 3 aliphatic carbocycles. The lowest BCUT2D eigenvalue weighted by atomic mass is 9.64. The molecule has 6 rings (SSSR count). The van der Waals surface area contributed by atoms with E-state index in [9.17, 15) is 18.3 Å². The van der Waals surface area contributed by atoms with Gasteiger partial charge in [-0.1, -0.05) is 37.1 Å². The third-order valence-corrected chi connectivity index (χ3v) is 11.8. The van der Waals surface area contributed by atoms with E-state index in [0.717, 1.165) is 74.5 Å². The van der Waals surface area contributed by atoms with Crippen molar-refractivity contribution in [1.82, 2.24) is 0 Å². The van der Waals surface area contributed by atoms with Gasteiger partial charge in [-0.25, -0.2) is 18.4 Å². The molecule has 1 unspecified atom stereocenters. The molecular formula is C34H43ClN2O6S. The Bertz CT molecular complexity index is 1560. The number of halogens is 1. The number of ether oxygens (including phenoxy) is 2. The summed E-state index contributed by atoms with van der Waals surface area (Å²) < 4.78 is 36.1. The number of benzene rings is 2. The fourth-order valence-corrected chi connectivity index (χ4v) is 9.50. The number of nitrogens with two attached hydrogens (primary N) is 1. The number of anilines is 1. The zero-order valence-corrected chi connectivity index (χ0v) is 27.1. The summed E-state index contributed by atoms with van der Waals surface area (Å²) in [7, 11) is -1.76. The van der Waals surface area contributed by atoms with Crippen LogP contribution in [0.5, 0.6) is 5.75 Å². The van der Waals surface area contributed by atoms with Crippen molar-refractivity contribution in [2.75, 3.05) is 37.5 Å². The summed E-state index contributed by atoms with van der Waals surface area (Å²) in [5.74, 6) is 0.679. The maximum absolute atomic E-state index is 12.0. The van der Waals surface area contributed by atoms with E-state index in [2.05, 4.69) is 23.1 Å². The summed E-state index contributed by atoms with van der Waals surface area (Å²) in [5.41, 5.74) is 4.65. The number of aryl methyl sites for hydroxylation is 1. The lowest BCUT2D eigenvalue weighted by molar-refractivity contribution is -0.000487. The second kappa shape index (κ2) is 12.3. The summed E-state index contributed by atoms with van der Waals surface area (Å²) in [6.45, 7) is 4.04. The number of carbonyl (C=O) groups is 1. The van der Waals surface area contributed by atoms with Crippen molar-refractivity contribution in [1.29, 1.82) is 0 Å². The molecule has 1 aliphatic heterocycles. The highest BCUT2D eigenvalue weighted by molar-refractivity contribution is 7.89. The Morgan fingerprint density at radius 2 is 2.05 bits per heavy atom. The van der Waals surface area contributed by atoms with Gasteiger partial charge in [-0.15, -0.1) is 0 Å². The summed E-state index contributed by atoms with van der Waals surface area (Å²) in [4.78, 5) is 14.4. The van der Waals surface area contributed by atoms with Crippen LogP contribution in [0.3, 0.4) is 0 Å². The number of sulfonamides is 1. The van der Waals surface area contributed by atoms with Crippen molar-refractivity contribution in [2.24, 2.45) is 28.8 Å². The minimum atomic E-state index is -3.52. The number of primary sulfonamides is 1. The molecule has 4 aliphatic rings. The number of aromatic carboxylic acids is 1. The highest BCUT2D eigenvalue weighted by Crippen LogP contribution is 2.49. The molecule has 8 nitrogen and oxygen atoms in total. The lowest BCUT2D eigenvalue weighted by Gasteiger charge is -2.48. The van der Waals surface area contributed by atoms with E-state index in [1.54, 1.807) is 25.3 Å². The number of carboxylic acids is 1. The topological polar surface area (TPSA) is 119 Å². The molecule has 2 aromatic carbocycles. The van der Waals surface area contributed by atoms with Crippen LogP contribution in [-0.2, 0) is 26.6 Å². The third kappa shape index (κ3) is 6.13. The number of hydrogen-bond acceptors (Lipinski definition) is 6. The molecule has 238 valence electrons. The van der Waals surface area contributed by atoms with Crippen LogP contribution in [0.25, 0.3) is 0 Å². The van der Waals surface area contributed by atoms with Crippen LogP contribution in [0.1, 0.15) is 66.9 Å². The van der Waals surface area contributed by atoms with Gasteiger partial charge in [-0.2, -0.15) is 0 Å². The van der Waals surface area contributed by atoms with E-state index < -0.39 is 16.0 Å². The Morgan fingerprint density at radius 3 is 2.70 bits per heavy atom. The second-order valence-electron chi connectivity index (χ2n) is 13.4. The van der Waals surface area contributed by atoms with E-state index in [1.165, 1.54) is 16.7 Å². The smallest absolute Gasteiger partial charge is 0.335 e. The molecule has 0 aromatic heterocycles. The zero-order chi connectivity index (χ0) is 31.2. The molecule has 0 bridgehead atoms. The quantitative estimate of drug-likeness (QED) is 0.314. The van der Waals surface area contributed by atoms with Gasteiger partial charge in [0.25, 0.3) is 0 Å². The summed E-state index contributed by atoms with van der Waals surface area (Å²) >= 11 is 6.40. The normalized spacial score (nSPS) is 27.5. The number of hydrogen-bond donors (Lipinski definition) is 2. The van der Waals surface area contributed by atoms with Crippen molar-refractivity contribution >= 4 is 33.3 Å². The minimum absolute atomic E-state index is 0.00744.